The van der Waals surface area contributed by atoms with Gasteiger partial charge in [0.25, 0.3) is 0 Å². The lowest BCUT2D eigenvalue weighted by atomic mass is 9.97. The molecule has 1 atom stereocenters. The molecule has 0 aromatic rings. The Morgan fingerprint density at radius 2 is 2.17 bits per heavy atom. The SMILES string of the molecule is CC(C#N)N1CCC(CO)CC1. The Bertz CT molecular complexity index is 168. The summed E-state index contributed by atoms with van der Waals surface area (Å²) in [4.78, 5) is 2.17. The molecule has 0 amide bonds. The predicted molar refractivity (Wildman–Crippen MR) is 46.5 cm³/mol. The lowest BCUT2D eigenvalue weighted by Crippen LogP contribution is -2.39. The Hall–Kier alpha value is -0.590. The van der Waals surface area contributed by atoms with E-state index in [1.54, 1.807) is 0 Å². The molecule has 1 unspecified atom stereocenters. The number of piperidine rings is 1. The Morgan fingerprint density at radius 3 is 2.58 bits per heavy atom. The summed E-state index contributed by atoms with van der Waals surface area (Å²) in [5.74, 6) is 0.465. The van der Waals surface area contributed by atoms with Crippen molar-refractivity contribution in [2.75, 3.05) is 19.7 Å². The molecule has 1 N–H and O–H groups in total. The molecule has 1 aliphatic heterocycles. The molecule has 1 rings (SSSR count). The molecule has 12 heavy (non-hydrogen) atoms. The average molecular weight is 168 g/mol. The van der Waals surface area contributed by atoms with Crippen LogP contribution >= 0.6 is 0 Å². The van der Waals surface area contributed by atoms with Gasteiger partial charge in [-0.3, -0.25) is 4.90 Å². The van der Waals surface area contributed by atoms with Gasteiger partial charge in [0.05, 0.1) is 12.1 Å². The Labute approximate surface area is 73.6 Å². The van der Waals surface area contributed by atoms with E-state index in [1.807, 2.05) is 6.92 Å². The quantitative estimate of drug-likeness (QED) is 0.657. The third kappa shape index (κ3) is 2.20. The van der Waals surface area contributed by atoms with E-state index < -0.39 is 0 Å². The first-order valence-electron chi connectivity index (χ1n) is 4.52. The minimum atomic E-state index is 0.0321. The van der Waals surface area contributed by atoms with E-state index in [0.717, 1.165) is 25.9 Å². The van der Waals surface area contributed by atoms with Gasteiger partial charge in [0.1, 0.15) is 0 Å². The van der Waals surface area contributed by atoms with Crippen molar-refractivity contribution in [2.24, 2.45) is 5.92 Å². The smallest absolute Gasteiger partial charge is 0.0949 e. The van der Waals surface area contributed by atoms with Crippen LogP contribution in [-0.2, 0) is 0 Å². The van der Waals surface area contributed by atoms with Gasteiger partial charge in [-0.2, -0.15) is 5.26 Å². The molecule has 1 heterocycles. The maximum absolute atomic E-state index is 8.89. The van der Waals surface area contributed by atoms with Gasteiger partial charge in [-0.05, 0) is 38.8 Å². The number of aliphatic hydroxyl groups is 1. The summed E-state index contributed by atoms with van der Waals surface area (Å²) in [6, 6.07) is 2.26. The predicted octanol–water partition coefficient (Wildman–Crippen LogP) is 0.603. The van der Waals surface area contributed by atoms with Crippen LogP contribution in [0, 0.1) is 17.2 Å². The summed E-state index contributed by atoms with van der Waals surface area (Å²) in [5, 5.41) is 17.6. The molecule has 3 heteroatoms. The van der Waals surface area contributed by atoms with Gasteiger partial charge in [0.15, 0.2) is 0 Å². The first-order chi connectivity index (χ1) is 5.77. The van der Waals surface area contributed by atoms with E-state index in [-0.39, 0.29) is 6.04 Å². The molecule has 1 saturated heterocycles. The topological polar surface area (TPSA) is 47.3 Å². The summed E-state index contributed by atoms with van der Waals surface area (Å²) >= 11 is 0. The Balaban J connectivity index is 2.31. The van der Waals surface area contributed by atoms with Gasteiger partial charge in [-0.25, -0.2) is 0 Å². The zero-order valence-corrected chi connectivity index (χ0v) is 7.53. The first-order valence-corrected chi connectivity index (χ1v) is 4.52. The fourth-order valence-electron chi connectivity index (χ4n) is 1.60. The summed E-state index contributed by atoms with van der Waals surface area (Å²) < 4.78 is 0. The lowest BCUT2D eigenvalue weighted by molar-refractivity contribution is 0.121. The van der Waals surface area contributed by atoms with Gasteiger partial charge < -0.3 is 5.11 Å². The summed E-state index contributed by atoms with van der Waals surface area (Å²) in [5.41, 5.74) is 0. The van der Waals surface area contributed by atoms with Crippen molar-refractivity contribution in [3.63, 3.8) is 0 Å². The zero-order chi connectivity index (χ0) is 8.97. The summed E-state index contributed by atoms with van der Waals surface area (Å²) in [6.45, 7) is 4.15. The normalized spacial score (nSPS) is 23.4. The molecule has 3 nitrogen and oxygen atoms in total. The molecule has 0 radical (unpaired) electrons. The zero-order valence-electron chi connectivity index (χ0n) is 7.53. The minimum Gasteiger partial charge on any atom is -0.396 e. The largest absolute Gasteiger partial charge is 0.396 e. The van der Waals surface area contributed by atoms with Crippen LogP contribution in [0.4, 0.5) is 0 Å². The second kappa shape index (κ2) is 4.44. The van der Waals surface area contributed by atoms with Crippen LogP contribution in [0.25, 0.3) is 0 Å². The van der Waals surface area contributed by atoms with Crippen LogP contribution in [0.2, 0.25) is 0 Å². The van der Waals surface area contributed by atoms with E-state index in [0.29, 0.717) is 12.5 Å². The van der Waals surface area contributed by atoms with Crippen molar-refractivity contribution in [2.45, 2.75) is 25.8 Å². The molecule has 0 aromatic carbocycles. The average Bonchev–Trinajstić information content (AvgIpc) is 2.17. The molecule has 0 aromatic heterocycles. The van der Waals surface area contributed by atoms with Crippen molar-refractivity contribution in [3.8, 4) is 6.07 Å². The first kappa shape index (κ1) is 9.50. The summed E-state index contributed by atoms with van der Waals surface area (Å²) in [6.07, 6.45) is 2.06. The molecule has 0 bridgehead atoms. The van der Waals surface area contributed by atoms with Crippen LogP contribution in [-0.4, -0.2) is 35.7 Å². The highest BCUT2D eigenvalue weighted by atomic mass is 16.3. The van der Waals surface area contributed by atoms with Crippen molar-refractivity contribution >= 4 is 0 Å². The van der Waals surface area contributed by atoms with Crippen molar-refractivity contribution in [1.82, 2.24) is 4.90 Å². The number of nitriles is 1. The van der Waals surface area contributed by atoms with E-state index in [4.69, 9.17) is 10.4 Å². The molecule has 0 aliphatic carbocycles. The molecule has 1 fully saturated rings. The van der Waals surface area contributed by atoms with Crippen LogP contribution in [0.3, 0.4) is 0 Å². The van der Waals surface area contributed by atoms with Crippen molar-refractivity contribution in [3.05, 3.63) is 0 Å². The standard InChI is InChI=1S/C9H16N2O/c1-8(6-10)11-4-2-9(7-12)3-5-11/h8-9,12H,2-5,7H2,1H3. The number of aliphatic hydroxyl groups excluding tert-OH is 1. The Kier molecular flexibility index (Phi) is 3.51. The van der Waals surface area contributed by atoms with E-state index in [2.05, 4.69) is 11.0 Å². The maximum atomic E-state index is 8.89. The van der Waals surface area contributed by atoms with Crippen LogP contribution in [0.15, 0.2) is 0 Å². The number of rotatable bonds is 2. The van der Waals surface area contributed by atoms with Crippen molar-refractivity contribution < 1.29 is 5.11 Å². The van der Waals surface area contributed by atoms with E-state index in [1.165, 1.54) is 0 Å². The van der Waals surface area contributed by atoms with Gasteiger partial charge in [-0.15, -0.1) is 0 Å². The van der Waals surface area contributed by atoms with E-state index >= 15 is 0 Å². The van der Waals surface area contributed by atoms with Gasteiger partial charge in [-0.1, -0.05) is 0 Å². The molecular formula is C9H16N2O. The third-order valence-corrected chi connectivity index (χ3v) is 2.64. The van der Waals surface area contributed by atoms with Gasteiger partial charge in [0.2, 0.25) is 0 Å². The van der Waals surface area contributed by atoms with Crippen LogP contribution < -0.4 is 0 Å². The second-order valence-corrected chi connectivity index (χ2v) is 3.47. The van der Waals surface area contributed by atoms with Gasteiger partial charge >= 0.3 is 0 Å². The Morgan fingerprint density at radius 1 is 1.58 bits per heavy atom. The van der Waals surface area contributed by atoms with Crippen LogP contribution in [0.1, 0.15) is 19.8 Å². The molecule has 1 aliphatic rings. The monoisotopic (exact) mass is 168 g/mol. The third-order valence-electron chi connectivity index (χ3n) is 2.64. The number of nitrogens with zero attached hydrogens (tertiary/aromatic N) is 2. The fourth-order valence-corrected chi connectivity index (χ4v) is 1.60. The number of hydrogen-bond donors (Lipinski definition) is 1. The number of hydrogen-bond acceptors (Lipinski definition) is 3. The minimum absolute atomic E-state index is 0.0321. The van der Waals surface area contributed by atoms with Gasteiger partial charge in [0, 0.05) is 6.61 Å². The molecular weight excluding hydrogens is 152 g/mol. The number of likely N-dealkylation sites (tertiary alicyclic amines) is 1. The summed E-state index contributed by atoms with van der Waals surface area (Å²) in [7, 11) is 0. The molecule has 68 valence electrons. The lowest BCUT2D eigenvalue weighted by Gasteiger charge is -2.32. The van der Waals surface area contributed by atoms with Crippen molar-refractivity contribution in [1.29, 1.82) is 5.26 Å². The maximum Gasteiger partial charge on any atom is 0.0949 e. The van der Waals surface area contributed by atoms with Crippen LogP contribution in [0.5, 0.6) is 0 Å². The second-order valence-electron chi connectivity index (χ2n) is 3.47. The molecule has 0 saturated carbocycles. The fraction of sp³-hybridized carbons (Fsp3) is 0.889. The highest BCUT2D eigenvalue weighted by Gasteiger charge is 2.21. The molecule has 0 spiro atoms. The van der Waals surface area contributed by atoms with E-state index in [9.17, 15) is 0 Å². The highest BCUT2D eigenvalue weighted by molar-refractivity contribution is 4.89. The highest BCUT2D eigenvalue weighted by Crippen LogP contribution is 2.17.